The van der Waals surface area contributed by atoms with Crippen LogP contribution in [0.25, 0.3) is 0 Å². The van der Waals surface area contributed by atoms with E-state index in [1.807, 2.05) is 24.5 Å². The molecule has 2 atom stereocenters. The highest BCUT2D eigenvalue weighted by Gasteiger charge is 2.39. The molecule has 0 saturated heterocycles. The second-order valence-electron chi connectivity index (χ2n) is 6.51. The van der Waals surface area contributed by atoms with Crippen molar-refractivity contribution in [2.45, 2.75) is 66.0 Å². The molecule has 0 saturated carbocycles. The summed E-state index contributed by atoms with van der Waals surface area (Å²) in [7, 11) is -4.79. The van der Waals surface area contributed by atoms with E-state index in [1.165, 1.54) is 25.7 Å². The summed E-state index contributed by atoms with van der Waals surface area (Å²) in [6.07, 6.45) is 6.15. The maximum atomic E-state index is 6.30. The molecule has 0 aliphatic rings. The molecule has 0 aliphatic carbocycles. The van der Waals surface area contributed by atoms with Gasteiger partial charge in [-0.05, 0) is 25.4 Å². The first-order valence-corrected chi connectivity index (χ1v) is 13.3. The summed E-state index contributed by atoms with van der Waals surface area (Å²) in [6, 6.07) is 0. The maximum Gasteiger partial charge on any atom is 0.352 e. The van der Waals surface area contributed by atoms with E-state index < -0.39 is 17.1 Å². The Hall–Kier alpha value is -0.206. The molecule has 130 valence electrons. The highest BCUT2D eigenvalue weighted by molar-refractivity contribution is 6.84. The first-order valence-electron chi connectivity index (χ1n) is 8.56. The zero-order chi connectivity index (χ0) is 17.1. The van der Waals surface area contributed by atoms with Gasteiger partial charge in [0.1, 0.15) is 0 Å². The Bertz CT molecular complexity index is 323. The van der Waals surface area contributed by atoms with E-state index in [0.29, 0.717) is 12.5 Å². The molecule has 5 heteroatoms. The van der Waals surface area contributed by atoms with E-state index in [2.05, 4.69) is 33.9 Å². The van der Waals surface area contributed by atoms with Crippen molar-refractivity contribution >= 4 is 17.1 Å². The molecule has 22 heavy (non-hydrogen) atoms. The maximum absolute atomic E-state index is 6.30. The van der Waals surface area contributed by atoms with Gasteiger partial charge < -0.3 is 13.0 Å². The van der Waals surface area contributed by atoms with E-state index in [1.54, 1.807) is 0 Å². The molecule has 0 radical (unpaired) electrons. The van der Waals surface area contributed by atoms with E-state index in [9.17, 15) is 0 Å². The van der Waals surface area contributed by atoms with E-state index in [4.69, 9.17) is 13.0 Å². The van der Waals surface area contributed by atoms with Crippen molar-refractivity contribution in [1.29, 1.82) is 0 Å². The van der Waals surface area contributed by atoms with Gasteiger partial charge in [0.15, 0.2) is 0 Å². The topological polar surface area (TPSA) is 27.7 Å². The molecule has 0 spiro atoms. The summed E-state index contributed by atoms with van der Waals surface area (Å²) < 4.78 is 18.4. The van der Waals surface area contributed by atoms with Gasteiger partial charge in [-0.2, -0.15) is 0 Å². The normalized spacial score (nSPS) is 17.0. The van der Waals surface area contributed by atoms with Crippen molar-refractivity contribution in [2.24, 2.45) is 5.92 Å². The monoisotopic (exact) mass is 344 g/mol. The molecule has 0 N–H and O–H groups in total. The molecule has 0 aromatic heterocycles. The minimum absolute atomic E-state index is 0.478. The Morgan fingerprint density at radius 2 is 1.45 bits per heavy atom. The van der Waals surface area contributed by atoms with Crippen molar-refractivity contribution in [3.05, 3.63) is 24.6 Å². The summed E-state index contributed by atoms with van der Waals surface area (Å²) in [5, 5.41) is 0. The summed E-state index contributed by atoms with van der Waals surface area (Å²) in [5.74, 6) is 0.478. The molecule has 0 aromatic carbocycles. The van der Waals surface area contributed by atoms with Gasteiger partial charge in [0.2, 0.25) is 0 Å². The van der Waals surface area contributed by atoms with Crippen molar-refractivity contribution < 1.29 is 13.0 Å². The fourth-order valence-electron chi connectivity index (χ4n) is 1.98. The van der Waals surface area contributed by atoms with Crippen molar-refractivity contribution in [2.75, 3.05) is 13.2 Å². The fourth-order valence-corrected chi connectivity index (χ4v) is 7.78. The zero-order valence-electron chi connectivity index (χ0n) is 15.3. The summed E-state index contributed by atoms with van der Waals surface area (Å²) in [5.41, 5.74) is 3.70. The minimum atomic E-state index is -2.39. The van der Waals surface area contributed by atoms with Gasteiger partial charge in [0, 0.05) is 13.2 Å². The molecular weight excluding hydrogens is 308 g/mol. The highest BCUT2D eigenvalue weighted by Crippen LogP contribution is 2.20. The third-order valence-corrected chi connectivity index (χ3v) is 9.73. The van der Waals surface area contributed by atoms with Crippen LogP contribution in [-0.4, -0.2) is 30.3 Å². The van der Waals surface area contributed by atoms with Crippen LogP contribution in [0.5, 0.6) is 0 Å². The van der Waals surface area contributed by atoms with Crippen LogP contribution in [0.2, 0.25) is 13.1 Å². The van der Waals surface area contributed by atoms with Crippen LogP contribution >= 0.6 is 0 Å². The molecule has 0 fully saturated rings. The summed E-state index contributed by atoms with van der Waals surface area (Å²) in [4.78, 5) is 0. The van der Waals surface area contributed by atoms with Crippen LogP contribution in [0, 0.1) is 5.92 Å². The molecule has 0 bridgehead atoms. The van der Waals surface area contributed by atoms with Crippen LogP contribution in [0.1, 0.15) is 52.9 Å². The number of unbranched alkanes of at least 4 members (excludes halogenated alkanes) is 4. The third kappa shape index (κ3) is 9.74. The lowest BCUT2D eigenvalue weighted by Crippen LogP contribution is -2.50. The average molecular weight is 345 g/mol. The molecule has 0 aliphatic heterocycles. The lowest BCUT2D eigenvalue weighted by molar-refractivity contribution is 0.185. The second kappa shape index (κ2) is 11.3. The lowest BCUT2D eigenvalue weighted by Gasteiger charge is -2.33. The van der Waals surface area contributed by atoms with Gasteiger partial charge in [-0.1, -0.05) is 57.9 Å². The SMILES string of the molecule is C=C[Si](C)(OCCCCCCC)O[Si](C)(C=C)OCC(C)C. The standard InChI is InChI=1S/C17H36O3Si2/c1-8-11-12-13-14-15-18-21(6,9-2)20-22(7,10-3)19-16-17(4)5/h9-10,17H,2-3,8,11-16H2,1,4-7H3. The Balaban J connectivity index is 4.37. The molecule has 0 heterocycles. The predicted molar refractivity (Wildman–Crippen MR) is 100 cm³/mol. The Morgan fingerprint density at radius 1 is 0.909 bits per heavy atom. The third-order valence-electron chi connectivity index (χ3n) is 3.49. The van der Waals surface area contributed by atoms with Crippen LogP contribution in [0.4, 0.5) is 0 Å². The van der Waals surface area contributed by atoms with Gasteiger partial charge in [0.05, 0.1) is 0 Å². The Kier molecular flexibility index (Phi) is 11.2. The smallest absolute Gasteiger partial charge is 0.352 e. The largest absolute Gasteiger partial charge is 0.409 e. The molecule has 0 rings (SSSR count). The highest BCUT2D eigenvalue weighted by atomic mass is 28.5. The van der Waals surface area contributed by atoms with Crippen molar-refractivity contribution in [1.82, 2.24) is 0 Å². The number of rotatable bonds is 14. The van der Waals surface area contributed by atoms with Gasteiger partial charge in [0.25, 0.3) is 0 Å². The Morgan fingerprint density at radius 3 is 1.95 bits per heavy atom. The van der Waals surface area contributed by atoms with Gasteiger partial charge in [-0.3, -0.25) is 0 Å². The van der Waals surface area contributed by atoms with Gasteiger partial charge in [-0.25, -0.2) is 0 Å². The lowest BCUT2D eigenvalue weighted by atomic mass is 10.2. The summed E-state index contributed by atoms with van der Waals surface area (Å²) >= 11 is 0. The van der Waals surface area contributed by atoms with E-state index >= 15 is 0 Å². The van der Waals surface area contributed by atoms with Crippen LogP contribution in [-0.2, 0) is 13.0 Å². The molecule has 2 unspecified atom stereocenters. The van der Waals surface area contributed by atoms with Gasteiger partial charge in [-0.15, -0.1) is 13.2 Å². The van der Waals surface area contributed by atoms with Crippen molar-refractivity contribution in [3.63, 3.8) is 0 Å². The molecule has 0 amide bonds. The fraction of sp³-hybridized carbons (Fsp3) is 0.765. The second-order valence-corrected chi connectivity index (χ2v) is 12.8. The predicted octanol–water partition coefficient (Wildman–Crippen LogP) is 5.26. The van der Waals surface area contributed by atoms with Crippen LogP contribution in [0.3, 0.4) is 0 Å². The minimum Gasteiger partial charge on any atom is -0.409 e. The zero-order valence-corrected chi connectivity index (χ0v) is 17.3. The summed E-state index contributed by atoms with van der Waals surface area (Å²) in [6.45, 7) is 19.8. The van der Waals surface area contributed by atoms with Crippen LogP contribution in [0.15, 0.2) is 24.6 Å². The van der Waals surface area contributed by atoms with E-state index in [-0.39, 0.29) is 0 Å². The number of hydrogen-bond acceptors (Lipinski definition) is 3. The Labute approximate surface area is 140 Å². The first kappa shape index (κ1) is 21.8. The molecule has 3 nitrogen and oxygen atoms in total. The van der Waals surface area contributed by atoms with E-state index in [0.717, 1.165) is 13.0 Å². The average Bonchev–Trinajstić information content (AvgIpc) is 2.49. The number of hydrogen-bond donors (Lipinski definition) is 0. The quantitative estimate of drug-likeness (QED) is 0.318. The molecular formula is C17H36O3Si2. The first-order chi connectivity index (χ1) is 10.3. The van der Waals surface area contributed by atoms with Gasteiger partial charge >= 0.3 is 17.1 Å². The molecule has 0 aromatic rings. The van der Waals surface area contributed by atoms with Crippen LogP contribution < -0.4 is 0 Å². The van der Waals surface area contributed by atoms with Crippen molar-refractivity contribution in [3.8, 4) is 0 Å².